The third-order valence-electron chi connectivity index (χ3n) is 4.81. The smallest absolute Gasteiger partial charge is 0.234 e. The van der Waals surface area contributed by atoms with Crippen LogP contribution in [0.25, 0.3) is 11.2 Å². The van der Waals surface area contributed by atoms with E-state index in [0.29, 0.717) is 18.6 Å². The molecule has 2 aromatic rings. The molecule has 1 fully saturated rings. The van der Waals surface area contributed by atoms with Crippen LogP contribution in [-0.4, -0.2) is 32.7 Å². The summed E-state index contributed by atoms with van der Waals surface area (Å²) in [5.41, 5.74) is 1.81. The van der Waals surface area contributed by atoms with Crippen molar-refractivity contribution in [3.05, 3.63) is 17.8 Å². The molecule has 0 radical (unpaired) electrons. The lowest BCUT2D eigenvalue weighted by atomic mass is 9.92. The van der Waals surface area contributed by atoms with E-state index < -0.39 is 5.41 Å². The third-order valence-corrected chi connectivity index (χ3v) is 4.81. The highest BCUT2D eigenvalue weighted by Crippen LogP contribution is 2.37. The Hall–Kier alpha value is -1.95. The zero-order valence-electron chi connectivity index (χ0n) is 16.7. The van der Waals surface area contributed by atoms with Crippen molar-refractivity contribution in [1.29, 1.82) is 0 Å². The van der Waals surface area contributed by atoms with Gasteiger partial charge in [-0.25, -0.2) is 9.97 Å². The SMILES string of the molecule is C.Cc1cnc2c(c1)nc(NC(=O)C(C)(C)COC(C)(C)C)n2C1CCC1. The number of amides is 1. The molecule has 0 unspecified atom stereocenters. The largest absolute Gasteiger partial charge is 0.375 e. The predicted octanol–water partition coefficient (Wildman–Crippen LogP) is 4.88. The lowest BCUT2D eigenvalue weighted by Crippen LogP contribution is -2.38. The van der Waals surface area contributed by atoms with Crippen molar-refractivity contribution < 1.29 is 9.53 Å². The average Bonchev–Trinajstić information content (AvgIpc) is 2.80. The number of aromatic nitrogens is 3. The van der Waals surface area contributed by atoms with Gasteiger partial charge in [0.15, 0.2) is 5.65 Å². The van der Waals surface area contributed by atoms with Gasteiger partial charge in [-0.15, -0.1) is 0 Å². The van der Waals surface area contributed by atoms with E-state index in [2.05, 4.69) is 19.9 Å². The molecule has 2 heterocycles. The van der Waals surface area contributed by atoms with E-state index in [9.17, 15) is 4.79 Å². The number of carbonyl (C=O) groups is 1. The summed E-state index contributed by atoms with van der Waals surface area (Å²) in [7, 11) is 0. The van der Waals surface area contributed by atoms with Crippen molar-refractivity contribution in [1.82, 2.24) is 14.5 Å². The molecule has 1 aliphatic rings. The molecule has 1 N–H and O–H groups in total. The summed E-state index contributed by atoms with van der Waals surface area (Å²) in [6, 6.07) is 2.38. The summed E-state index contributed by atoms with van der Waals surface area (Å²) in [6.07, 6.45) is 5.25. The molecule has 6 heteroatoms. The summed E-state index contributed by atoms with van der Waals surface area (Å²) < 4.78 is 7.93. The van der Waals surface area contributed by atoms with E-state index in [1.807, 2.05) is 53.8 Å². The molecule has 1 aliphatic carbocycles. The Bertz CT molecular complexity index is 813. The van der Waals surface area contributed by atoms with E-state index in [0.717, 1.165) is 29.6 Å². The van der Waals surface area contributed by atoms with Crippen LogP contribution in [0.2, 0.25) is 0 Å². The summed E-state index contributed by atoms with van der Waals surface area (Å²) >= 11 is 0. The number of ether oxygens (including phenoxy) is 1. The summed E-state index contributed by atoms with van der Waals surface area (Å²) in [5.74, 6) is 0.506. The quantitative estimate of drug-likeness (QED) is 0.810. The van der Waals surface area contributed by atoms with Crippen LogP contribution in [0.15, 0.2) is 12.3 Å². The second-order valence-corrected chi connectivity index (χ2v) is 8.98. The van der Waals surface area contributed by atoms with Crippen LogP contribution >= 0.6 is 0 Å². The summed E-state index contributed by atoms with van der Waals surface area (Å²) in [5, 5.41) is 3.04. The highest BCUT2D eigenvalue weighted by Gasteiger charge is 2.33. The first-order valence-corrected chi connectivity index (χ1v) is 9.37. The van der Waals surface area contributed by atoms with Crippen molar-refractivity contribution in [3.8, 4) is 0 Å². The van der Waals surface area contributed by atoms with Crippen molar-refractivity contribution in [2.45, 2.75) is 79.9 Å². The molecule has 0 spiro atoms. The molecule has 0 atom stereocenters. The molecule has 1 saturated carbocycles. The fraction of sp³-hybridized carbons (Fsp3) is 0.667. The maximum absolute atomic E-state index is 12.9. The van der Waals surface area contributed by atoms with Gasteiger partial charge in [-0.05, 0) is 72.4 Å². The summed E-state index contributed by atoms with van der Waals surface area (Å²) in [4.78, 5) is 22.1. The van der Waals surface area contributed by atoms with Crippen molar-refractivity contribution in [2.24, 2.45) is 5.41 Å². The number of fused-ring (bicyclic) bond motifs is 1. The Morgan fingerprint density at radius 3 is 2.52 bits per heavy atom. The number of hydrogen-bond acceptors (Lipinski definition) is 4. The van der Waals surface area contributed by atoms with Crippen LogP contribution in [0.4, 0.5) is 5.95 Å². The molecule has 2 aromatic heterocycles. The van der Waals surface area contributed by atoms with Gasteiger partial charge in [0, 0.05) is 12.2 Å². The van der Waals surface area contributed by atoms with Crippen molar-refractivity contribution >= 4 is 23.0 Å². The van der Waals surface area contributed by atoms with Crippen molar-refractivity contribution in [2.75, 3.05) is 11.9 Å². The van der Waals surface area contributed by atoms with E-state index in [-0.39, 0.29) is 18.9 Å². The van der Waals surface area contributed by atoms with Gasteiger partial charge in [0.2, 0.25) is 11.9 Å². The molecule has 0 bridgehead atoms. The number of hydrogen-bond donors (Lipinski definition) is 1. The molecule has 6 nitrogen and oxygen atoms in total. The lowest BCUT2D eigenvalue weighted by Gasteiger charge is -2.30. The number of rotatable bonds is 5. The molecule has 0 saturated heterocycles. The number of aryl methyl sites for hydroxylation is 1. The third kappa shape index (κ3) is 4.67. The van der Waals surface area contributed by atoms with Gasteiger partial charge in [-0.3, -0.25) is 14.7 Å². The van der Waals surface area contributed by atoms with Crippen LogP contribution in [0.5, 0.6) is 0 Å². The standard InChI is InChI=1S/C20H30N4O2.CH4/c1-13-10-15-16(21-11-13)24(14-8-7-9-14)18(22-15)23-17(25)20(5,6)12-26-19(2,3)4;/h10-11,14H,7-9,12H2,1-6H3,(H,22,23,25);1H4. The highest BCUT2D eigenvalue weighted by atomic mass is 16.5. The first-order chi connectivity index (χ1) is 12.1. The van der Waals surface area contributed by atoms with Crippen LogP contribution in [0.1, 0.15) is 72.9 Å². The normalized spacial score (nSPS) is 15.3. The summed E-state index contributed by atoms with van der Waals surface area (Å²) in [6.45, 7) is 12.1. The molecule has 0 aliphatic heterocycles. The van der Waals surface area contributed by atoms with Gasteiger partial charge in [-0.2, -0.15) is 0 Å². The zero-order chi connectivity index (χ0) is 19.1. The predicted molar refractivity (Wildman–Crippen MR) is 110 cm³/mol. The van der Waals surface area contributed by atoms with Crippen molar-refractivity contribution in [3.63, 3.8) is 0 Å². The monoisotopic (exact) mass is 374 g/mol. The van der Waals surface area contributed by atoms with Gasteiger partial charge in [0.1, 0.15) is 5.52 Å². The van der Waals surface area contributed by atoms with Gasteiger partial charge in [0.25, 0.3) is 0 Å². The number of imidazole rings is 1. The molecular formula is C21H34N4O2. The fourth-order valence-corrected chi connectivity index (χ4v) is 2.89. The maximum Gasteiger partial charge on any atom is 0.234 e. The number of carbonyl (C=O) groups excluding carboxylic acids is 1. The van der Waals surface area contributed by atoms with Gasteiger partial charge in [-0.1, -0.05) is 7.43 Å². The number of anilines is 1. The topological polar surface area (TPSA) is 69.0 Å². The molecule has 3 rings (SSSR count). The Balaban J connectivity index is 0.00000261. The van der Waals surface area contributed by atoms with E-state index in [1.54, 1.807) is 0 Å². The number of nitrogens with zero attached hydrogens (tertiary/aromatic N) is 3. The second-order valence-electron chi connectivity index (χ2n) is 8.98. The van der Waals surface area contributed by atoms with Gasteiger partial charge >= 0.3 is 0 Å². The number of nitrogens with one attached hydrogen (secondary N) is 1. The Morgan fingerprint density at radius 1 is 1.30 bits per heavy atom. The van der Waals surface area contributed by atoms with Crippen LogP contribution < -0.4 is 5.32 Å². The molecule has 1 amide bonds. The first-order valence-electron chi connectivity index (χ1n) is 9.37. The van der Waals surface area contributed by atoms with E-state index in [1.165, 1.54) is 6.42 Å². The van der Waals surface area contributed by atoms with Crippen LogP contribution in [0.3, 0.4) is 0 Å². The zero-order valence-corrected chi connectivity index (χ0v) is 16.7. The van der Waals surface area contributed by atoms with Gasteiger partial charge < -0.3 is 4.74 Å². The average molecular weight is 375 g/mol. The molecule has 0 aromatic carbocycles. The molecule has 27 heavy (non-hydrogen) atoms. The Labute approximate surface area is 162 Å². The maximum atomic E-state index is 12.9. The van der Waals surface area contributed by atoms with Crippen LogP contribution in [0, 0.1) is 12.3 Å². The van der Waals surface area contributed by atoms with E-state index >= 15 is 0 Å². The first kappa shape index (κ1) is 21.4. The highest BCUT2D eigenvalue weighted by molar-refractivity contribution is 5.95. The molecular weight excluding hydrogens is 340 g/mol. The second kappa shape index (κ2) is 7.58. The minimum absolute atomic E-state index is 0. The minimum Gasteiger partial charge on any atom is -0.375 e. The lowest BCUT2D eigenvalue weighted by molar-refractivity contribution is -0.130. The Morgan fingerprint density at radius 2 is 1.96 bits per heavy atom. The van der Waals surface area contributed by atoms with Crippen LogP contribution in [-0.2, 0) is 9.53 Å². The Kier molecular flexibility index (Phi) is 6.00. The fourth-order valence-electron chi connectivity index (χ4n) is 2.89. The number of pyridine rings is 1. The van der Waals surface area contributed by atoms with Gasteiger partial charge in [0.05, 0.1) is 17.6 Å². The van der Waals surface area contributed by atoms with E-state index in [4.69, 9.17) is 4.74 Å². The minimum atomic E-state index is -0.654. The molecule has 150 valence electrons.